The Morgan fingerprint density at radius 1 is 0.455 bits per heavy atom. The van der Waals surface area contributed by atoms with E-state index in [9.17, 15) is 39.5 Å². The molecule has 55 heavy (non-hydrogen) atoms. The number of alkyl halides is 9. The van der Waals surface area contributed by atoms with E-state index in [0.29, 0.717) is 44.9 Å². The van der Waals surface area contributed by atoms with Gasteiger partial charge in [0.1, 0.15) is 28.2 Å². The fraction of sp³-hybridized carbons (Fsp3) is 0.273. The highest BCUT2D eigenvalue weighted by Gasteiger charge is 2.32. The van der Waals surface area contributed by atoms with Crippen molar-refractivity contribution in [2.24, 2.45) is 0 Å². The molecule has 0 atom stereocenters. The molecule has 3 aromatic carbocycles. The van der Waals surface area contributed by atoms with Crippen molar-refractivity contribution >= 4 is 67.8 Å². The highest BCUT2D eigenvalue weighted by Crippen LogP contribution is 2.32. The summed E-state index contributed by atoms with van der Waals surface area (Å²) in [5, 5.41) is 25.4. The Labute approximate surface area is 346 Å². The van der Waals surface area contributed by atoms with Gasteiger partial charge < -0.3 is 0 Å². The van der Waals surface area contributed by atoms with Crippen molar-refractivity contribution in [2.75, 3.05) is 0 Å². The van der Waals surface area contributed by atoms with E-state index >= 15 is 0 Å². The van der Waals surface area contributed by atoms with Crippen molar-refractivity contribution in [2.45, 2.75) is 57.8 Å². The third-order valence-corrected chi connectivity index (χ3v) is 11.6. The summed E-state index contributed by atoms with van der Waals surface area (Å²) in [6.07, 6.45) is -13.6. The Bertz CT molecular complexity index is 2030. The Balaban J connectivity index is 1.26. The maximum atomic E-state index is 13.3. The van der Waals surface area contributed by atoms with Gasteiger partial charge in [0, 0.05) is 19.6 Å². The van der Waals surface area contributed by atoms with E-state index in [1.54, 1.807) is 18.2 Å². The predicted octanol–water partition coefficient (Wildman–Crippen LogP) is 8.68. The maximum Gasteiger partial charge on any atom is 0.416 e. The Morgan fingerprint density at radius 2 is 0.727 bits per heavy atom. The first-order valence-corrected chi connectivity index (χ1v) is 19.0. The molecule has 0 aliphatic rings. The fourth-order valence-electron chi connectivity index (χ4n) is 5.47. The molecule has 0 aliphatic heterocycles. The average molecular weight is 1110 g/mol. The van der Waals surface area contributed by atoms with Gasteiger partial charge >= 0.3 is 18.5 Å². The monoisotopic (exact) mass is 1110 g/mol. The molecular weight excluding hydrogens is 1090 g/mol. The summed E-state index contributed by atoms with van der Waals surface area (Å²) >= 11 is 6.02. The first kappa shape index (κ1) is 41.2. The second-order valence-electron chi connectivity index (χ2n) is 12.2. The molecule has 0 aliphatic carbocycles. The van der Waals surface area contributed by atoms with Gasteiger partial charge in [-0.15, -0.1) is 15.3 Å². The van der Waals surface area contributed by atoms with Gasteiger partial charge in [-0.2, -0.15) is 39.5 Å². The molecule has 0 N–H and O–H groups in total. The third kappa shape index (κ3) is 10.3. The van der Waals surface area contributed by atoms with E-state index in [1.165, 1.54) is 32.2 Å². The lowest BCUT2D eigenvalue weighted by Gasteiger charge is -2.20. The van der Waals surface area contributed by atoms with Crippen LogP contribution in [0.1, 0.15) is 50.5 Å². The molecule has 0 fully saturated rings. The summed E-state index contributed by atoms with van der Waals surface area (Å²) in [6, 6.07) is 14.7. The van der Waals surface area contributed by atoms with Crippen molar-refractivity contribution in [1.29, 1.82) is 0 Å². The van der Waals surface area contributed by atoms with Crippen LogP contribution in [0.25, 0.3) is 0 Å². The van der Waals surface area contributed by atoms with Crippen LogP contribution in [-0.4, -0.2) is 49.9 Å². The molecule has 0 amide bonds. The number of rotatable bonds is 12. The van der Waals surface area contributed by atoms with Crippen LogP contribution in [0.15, 0.2) is 72.8 Å². The highest BCUT2D eigenvalue weighted by atomic mass is 127. The summed E-state index contributed by atoms with van der Waals surface area (Å²) in [7, 11) is 0. The lowest BCUT2D eigenvalue weighted by molar-refractivity contribution is -0.138. The number of hydrogen-bond acceptors (Lipinski definition) is 7. The van der Waals surface area contributed by atoms with Crippen LogP contribution in [-0.2, 0) is 57.8 Å². The van der Waals surface area contributed by atoms with Crippen molar-refractivity contribution < 1.29 is 39.5 Å². The summed E-state index contributed by atoms with van der Waals surface area (Å²) in [5.74, 6) is 0. The average Bonchev–Trinajstić information content (AvgIpc) is 3.76. The van der Waals surface area contributed by atoms with E-state index in [1.807, 2.05) is 72.7 Å². The van der Waals surface area contributed by atoms with Crippen LogP contribution < -0.4 is 0 Å². The molecule has 0 saturated heterocycles. The largest absolute Gasteiger partial charge is 0.416 e. The minimum atomic E-state index is -4.52. The van der Waals surface area contributed by atoms with Crippen LogP contribution >= 0.6 is 67.8 Å². The lowest BCUT2D eigenvalue weighted by Crippen LogP contribution is -2.25. The molecule has 3 heterocycles. The van der Waals surface area contributed by atoms with Crippen LogP contribution in [0.4, 0.5) is 39.5 Å². The SMILES string of the molecule is FC(F)(F)c1cccc(Cn2nnc(CN(Cc3nnn(Cc4cccc(C(F)(F)F)c4)c3I)Cc3nnn(Cc4cccc(C(F)(F)F)c4)c3I)c2I)c1. The van der Waals surface area contributed by atoms with E-state index in [0.717, 1.165) is 36.4 Å². The third-order valence-electron chi connectivity index (χ3n) is 8.09. The van der Waals surface area contributed by atoms with Crippen molar-refractivity contribution in [3.05, 3.63) is 134 Å². The van der Waals surface area contributed by atoms with Gasteiger partial charge in [-0.25, -0.2) is 14.0 Å². The predicted molar refractivity (Wildman–Crippen MR) is 203 cm³/mol. The molecule has 0 spiro atoms. The molecule has 0 unspecified atom stereocenters. The minimum absolute atomic E-state index is 0.0126. The second-order valence-corrected chi connectivity index (χ2v) is 15.3. The van der Waals surface area contributed by atoms with Crippen LogP contribution in [0, 0.1) is 11.1 Å². The number of nitrogens with zero attached hydrogens (tertiary/aromatic N) is 10. The zero-order valence-electron chi connectivity index (χ0n) is 27.7. The molecule has 0 bridgehead atoms. The standard InChI is InChI=1S/C33H24F9I3N10/c34-31(35,36)22-7-1-4-19(10-22)13-53-28(43)25(46-49-53)16-52(17-26-29(44)54(50-47-26)14-20-5-2-8-23(11-20)32(37,38)39)18-27-30(45)55(51-48-27)15-21-6-3-9-24(12-21)33(40,41)42/h1-12H,13-18H2. The van der Waals surface area contributed by atoms with E-state index in [-0.39, 0.29) is 39.3 Å². The van der Waals surface area contributed by atoms with Crippen molar-refractivity contribution in [1.82, 2.24) is 49.9 Å². The van der Waals surface area contributed by atoms with Crippen LogP contribution in [0.3, 0.4) is 0 Å². The molecule has 0 radical (unpaired) electrons. The quantitative estimate of drug-likeness (QED) is 0.0895. The minimum Gasteiger partial charge on any atom is -0.285 e. The summed E-state index contributed by atoms with van der Waals surface area (Å²) in [6.45, 7) is 0.437. The Morgan fingerprint density at radius 3 is 0.982 bits per heavy atom. The highest BCUT2D eigenvalue weighted by molar-refractivity contribution is 14.1. The van der Waals surface area contributed by atoms with E-state index in [4.69, 9.17) is 0 Å². The molecule has 290 valence electrons. The van der Waals surface area contributed by atoms with Gasteiger partial charge in [0.2, 0.25) is 0 Å². The van der Waals surface area contributed by atoms with Gasteiger partial charge in [-0.05, 0) is 121 Å². The molecule has 22 heteroatoms. The van der Waals surface area contributed by atoms with Gasteiger partial charge in [0.05, 0.1) is 36.3 Å². The molecule has 3 aromatic heterocycles. The lowest BCUT2D eigenvalue weighted by atomic mass is 10.1. The number of aromatic nitrogens is 9. The molecule has 6 aromatic rings. The van der Waals surface area contributed by atoms with Gasteiger partial charge in [-0.1, -0.05) is 52.0 Å². The number of benzene rings is 3. The van der Waals surface area contributed by atoms with Crippen LogP contribution in [0.5, 0.6) is 0 Å². The van der Waals surface area contributed by atoms with Crippen molar-refractivity contribution in [3.8, 4) is 0 Å². The van der Waals surface area contributed by atoms with E-state index < -0.39 is 35.2 Å². The molecule has 6 rings (SSSR count). The topological polar surface area (TPSA) is 95.4 Å². The maximum absolute atomic E-state index is 13.3. The Kier molecular flexibility index (Phi) is 12.4. The number of hydrogen-bond donors (Lipinski definition) is 0. The van der Waals surface area contributed by atoms with Crippen molar-refractivity contribution in [3.63, 3.8) is 0 Å². The smallest absolute Gasteiger partial charge is 0.285 e. The van der Waals surface area contributed by atoms with Crippen LogP contribution in [0.2, 0.25) is 0 Å². The molecule has 0 saturated carbocycles. The summed E-state index contributed by atoms with van der Waals surface area (Å²) < 4.78 is 126. The van der Waals surface area contributed by atoms with Gasteiger partial charge in [0.25, 0.3) is 0 Å². The Hall–Kier alpha value is -3.40. The van der Waals surface area contributed by atoms with Gasteiger partial charge in [0.15, 0.2) is 0 Å². The zero-order chi connectivity index (χ0) is 39.7. The normalized spacial score (nSPS) is 12.6. The molecule has 10 nitrogen and oxygen atoms in total. The first-order valence-electron chi connectivity index (χ1n) is 15.8. The fourth-order valence-corrected chi connectivity index (χ4v) is 7.10. The zero-order valence-corrected chi connectivity index (χ0v) is 34.2. The molecular formula is C33H24F9I3N10. The van der Waals surface area contributed by atoms with E-state index in [2.05, 4.69) is 30.9 Å². The second kappa shape index (κ2) is 16.6. The number of halogens is 12. The first-order chi connectivity index (χ1) is 25.8. The summed E-state index contributed by atoms with van der Waals surface area (Å²) in [5.41, 5.74) is 0.134. The van der Waals surface area contributed by atoms with Gasteiger partial charge in [-0.3, -0.25) is 4.90 Å². The summed E-state index contributed by atoms with van der Waals surface area (Å²) in [4.78, 5) is 1.88.